The number of fused-ring (bicyclic) bond motifs is 3. The molecule has 188 valence electrons. The van der Waals surface area contributed by atoms with Crippen LogP contribution in [0.1, 0.15) is 25.8 Å². The van der Waals surface area contributed by atoms with E-state index in [1.807, 2.05) is 24.0 Å². The molecule has 1 fully saturated rings. The van der Waals surface area contributed by atoms with E-state index in [4.69, 9.17) is 19.6 Å². The highest BCUT2D eigenvalue weighted by atomic mass is 16.5. The second-order valence-corrected chi connectivity index (χ2v) is 9.71. The average molecular weight is 489 g/mol. The summed E-state index contributed by atoms with van der Waals surface area (Å²) in [4.78, 5) is 11.8. The molecule has 2 aliphatic heterocycles. The Morgan fingerprint density at radius 3 is 2.81 bits per heavy atom. The van der Waals surface area contributed by atoms with Crippen LogP contribution in [0.5, 0.6) is 5.75 Å². The van der Waals surface area contributed by atoms with E-state index in [9.17, 15) is 0 Å². The van der Waals surface area contributed by atoms with Crippen LogP contribution in [-0.4, -0.2) is 79.0 Å². The van der Waals surface area contributed by atoms with Gasteiger partial charge in [-0.15, -0.1) is 0 Å². The van der Waals surface area contributed by atoms with Crippen molar-refractivity contribution < 1.29 is 9.47 Å². The molecule has 10 nitrogen and oxygen atoms in total. The Bertz CT molecular complexity index is 1350. The second kappa shape index (κ2) is 9.51. The summed E-state index contributed by atoms with van der Waals surface area (Å²) >= 11 is 0. The van der Waals surface area contributed by atoms with Crippen LogP contribution in [0.2, 0.25) is 0 Å². The number of hydrogen-bond donors (Lipinski definition) is 0. The van der Waals surface area contributed by atoms with Gasteiger partial charge < -0.3 is 18.9 Å². The topological polar surface area (TPSA) is 88.1 Å². The Kier molecular flexibility index (Phi) is 6.06. The maximum atomic E-state index is 6.20. The molecule has 6 rings (SSSR count). The lowest BCUT2D eigenvalue weighted by Gasteiger charge is -2.30. The highest BCUT2D eigenvalue weighted by Gasteiger charge is 2.24. The summed E-state index contributed by atoms with van der Waals surface area (Å²) in [6.07, 6.45) is 7.76. The molecule has 0 aliphatic carbocycles. The zero-order valence-electron chi connectivity index (χ0n) is 21.0. The number of aromatic nitrogens is 7. The van der Waals surface area contributed by atoms with Crippen molar-refractivity contribution in [2.24, 2.45) is 0 Å². The Balaban J connectivity index is 1.32. The average Bonchev–Trinajstić information content (AvgIpc) is 3.63. The van der Waals surface area contributed by atoms with Crippen molar-refractivity contribution in [3.63, 3.8) is 0 Å². The quantitative estimate of drug-likeness (QED) is 0.411. The molecule has 2 aliphatic rings. The van der Waals surface area contributed by atoms with E-state index >= 15 is 0 Å². The summed E-state index contributed by atoms with van der Waals surface area (Å²) in [5.74, 6) is 2.46. The number of piperidine rings is 1. The van der Waals surface area contributed by atoms with Crippen LogP contribution in [-0.2, 0) is 17.8 Å². The lowest BCUT2D eigenvalue weighted by molar-refractivity contribution is 0.100. The molecule has 3 aromatic heterocycles. The van der Waals surface area contributed by atoms with Crippen molar-refractivity contribution in [2.75, 3.05) is 33.9 Å². The molecule has 0 amide bonds. The fourth-order valence-corrected chi connectivity index (χ4v) is 5.14. The molecule has 10 heteroatoms. The molecule has 1 aromatic carbocycles. The van der Waals surface area contributed by atoms with Gasteiger partial charge in [0.2, 0.25) is 0 Å². The SMILES string of the molecule is COC(C)Cn1ncnc1-c1cn2c(n1)-c1ccc(-c3ccnn3C3CCN(C)CC3)cc1OCC2. The first-order valence-corrected chi connectivity index (χ1v) is 12.6. The van der Waals surface area contributed by atoms with Gasteiger partial charge in [0.15, 0.2) is 5.82 Å². The highest BCUT2D eigenvalue weighted by Crippen LogP contribution is 2.37. The van der Waals surface area contributed by atoms with Gasteiger partial charge in [0.1, 0.15) is 30.2 Å². The molecule has 36 heavy (non-hydrogen) atoms. The lowest BCUT2D eigenvalue weighted by atomic mass is 10.0. The Morgan fingerprint density at radius 2 is 1.97 bits per heavy atom. The van der Waals surface area contributed by atoms with Crippen molar-refractivity contribution in [3.05, 3.63) is 43.0 Å². The molecule has 1 atom stereocenters. The van der Waals surface area contributed by atoms with Gasteiger partial charge in [-0.3, -0.25) is 4.68 Å². The minimum atomic E-state index is 0.0291. The second-order valence-electron chi connectivity index (χ2n) is 9.71. The molecule has 0 saturated carbocycles. The zero-order valence-corrected chi connectivity index (χ0v) is 21.0. The van der Waals surface area contributed by atoms with Crippen LogP contribution >= 0.6 is 0 Å². The van der Waals surface area contributed by atoms with Crippen LogP contribution in [0.4, 0.5) is 0 Å². The van der Waals surface area contributed by atoms with Crippen molar-refractivity contribution in [1.82, 2.24) is 39.0 Å². The highest BCUT2D eigenvalue weighted by molar-refractivity contribution is 5.74. The number of nitrogens with zero attached hydrogens (tertiary/aromatic N) is 8. The zero-order chi connectivity index (χ0) is 24.6. The summed E-state index contributed by atoms with van der Waals surface area (Å²) in [7, 11) is 3.88. The number of benzene rings is 1. The van der Waals surface area contributed by atoms with Gasteiger partial charge in [0.05, 0.1) is 36.5 Å². The van der Waals surface area contributed by atoms with Gasteiger partial charge >= 0.3 is 0 Å². The Hall–Kier alpha value is -3.50. The Labute approximate surface area is 210 Å². The van der Waals surface area contributed by atoms with Gasteiger partial charge in [-0.25, -0.2) is 14.6 Å². The normalized spacial score (nSPS) is 17.3. The third-order valence-electron chi connectivity index (χ3n) is 7.27. The monoisotopic (exact) mass is 488 g/mol. The molecule has 0 N–H and O–H groups in total. The lowest BCUT2D eigenvalue weighted by Crippen LogP contribution is -2.32. The van der Waals surface area contributed by atoms with Crippen molar-refractivity contribution in [2.45, 2.75) is 45.0 Å². The van der Waals surface area contributed by atoms with Crippen LogP contribution < -0.4 is 4.74 Å². The first-order chi connectivity index (χ1) is 17.6. The molecule has 0 bridgehead atoms. The van der Waals surface area contributed by atoms with E-state index in [2.05, 4.69) is 55.5 Å². The molecular weight excluding hydrogens is 456 g/mol. The number of ether oxygens (including phenoxy) is 2. The van der Waals surface area contributed by atoms with Crippen LogP contribution in [0.25, 0.3) is 34.2 Å². The maximum absolute atomic E-state index is 6.20. The van der Waals surface area contributed by atoms with E-state index in [1.165, 1.54) is 0 Å². The Morgan fingerprint density at radius 1 is 1.11 bits per heavy atom. The van der Waals surface area contributed by atoms with Gasteiger partial charge in [-0.2, -0.15) is 10.2 Å². The van der Waals surface area contributed by atoms with Gasteiger partial charge in [0.25, 0.3) is 0 Å². The fraction of sp³-hybridized carbons (Fsp3) is 0.462. The number of methoxy groups -OCH3 is 1. The molecule has 1 saturated heterocycles. The van der Waals surface area contributed by atoms with Crippen LogP contribution in [0.3, 0.4) is 0 Å². The predicted octanol–water partition coefficient (Wildman–Crippen LogP) is 3.37. The number of rotatable bonds is 6. The van der Waals surface area contributed by atoms with E-state index in [0.29, 0.717) is 25.7 Å². The van der Waals surface area contributed by atoms with Gasteiger partial charge in [-0.05, 0) is 58.1 Å². The van der Waals surface area contributed by atoms with Gasteiger partial charge in [-0.1, -0.05) is 6.07 Å². The third kappa shape index (κ3) is 4.20. The molecule has 0 spiro atoms. The smallest absolute Gasteiger partial charge is 0.178 e. The van der Waals surface area contributed by atoms with E-state index in [-0.39, 0.29) is 6.10 Å². The third-order valence-corrected chi connectivity index (χ3v) is 7.27. The summed E-state index contributed by atoms with van der Waals surface area (Å²) in [6.45, 7) is 6.10. The molecule has 0 radical (unpaired) electrons. The fourth-order valence-electron chi connectivity index (χ4n) is 5.14. The summed E-state index contributed by atoms with van der Waals surface area (Å²) in [5.41, 5.74) is 4.01. The van der Waals surface area contributed by atoms with E-state index in [1.54, 1.807) is 13.4 Å². The summed E-state index contributed by atoms with van der Waals surface area (Å²) in [6, 6.07) is 8.92. The van der Waals surface area contributed by atoms with Crippen molar-refractivity contribution in [1.29, 1.82) is 0 Å². The maximum Gasteiger partial charge on any atom is 0.178 e. The first kappa shape index (κ1) is 22.9. The molecule has 1 unspecified atom stereocenters. The van der Waals surface area contributed by atoms with Gasteiger partial charge in [0, 0.05) is 25.1 Å². The standard InChI is InChI=1S/C26H32N8O2/c1-18(35-3)15-33-26(27-17-29-33)22-16-32-12-13-36-24-14-19(4-5-21(24)25(32)30-22)23-6-9-28-34(23)20-7-10-31(2)11-8-20/h4-6,9,14,16-18,20H,7-8,10-13,15H2,1-3H3. The number of hydrogen-bond acceptors (Lipinski definition) is 7. The minimum Gasteiger partial charge on any atom is -0.491 e. The molecule has 4 aromatic rings. The molecular formula is C26H32N8O2. The largest absolute Gasteiger partial charge is 0.491 e. The predicted molar refractivity (Wildman–Crippen MR) is 136 cm³/mol. The van der Waals surface area contributed by atoms with Crippen molar-refractivity contribution in [3.8, 4) is 39.9 Å². The first-order valence-electron chi connectivity index (χ1n) is 12.6. The molecule has 5 heterocycles. The summed E-state index contributed by atoms with van der Waals surface area (Å²) in [5, 5.41) is 9.07. The van der Waals surface area contributed by atoms with E-state index < -0.39 is 0 Å². The minimum absolute atomic E-state index is 0.0291. The summed E-state index contributed by atoms with van der Waals surface area (Å²) < 4.78 is 17.8. The van der Waals surface area contributed by atoms with Crippen molar-refractivity contribution >= 4 is 0 Å². The number of likely N-dealkylation sites (tertiary alicyclic amines) is 1. The van der Waals surface area contributed by atoms with Crippen LogP contribution in [0.15, 0.2) is 43.0 Å². The number of imidazole rings is 1. The van der Waals surface area contributed by atoms with E-state index in [0.717, 1.165) is 65.8 Å². The van der Waals surface area contributed by atoms with Crippen LogP contribution in [0, 0.1) is 0 Å².